The minimum atomic E-state index is -0.0794. The number of amides is 2. The van der Waals surface area contributed by atoms with Crippen molar-refractivity contribution in [1.29, 1.82) is 0 Å². The Morgan fingerprint density at radius 2 is 1.05 bits per heavy atom. The minimum Gasteiger partial charge on any atom is -0.353 e. The summed E-state index contributed by atoms with van der Waals surface area (Å²) < 4.78 is 0. The van der Waals surface area contributed by atoms with Crippen LogP contribution in [0.4, 0.5) is 0 Å². The van der Waals surface area contributed by atoms with Crippen LogP contribution in [-0.2, 0) is 9.59 Å². The molecular weight excluding hydrogens is 472 g/mol. The number of para-hydroxylation sites is 2. The average molecular weight is 507 g/mol. The molecule has 194 valence electrons. The first kappa shape index (κ1) is 25.3. The number of hydrogen-bond acceptors (Lipinski definition) is 2. The standard InChI is InChI=1S/C32H34N4O2/c1-3-5-19-33-27(37)17-13-21-9-7-11-23-25-15-16-26-24-12-8-10-22(14-18-28(38)34-20-6-4-2)30(24)36-32(26)31(25)35-29(21)23/h7-18,35-36H,3-6,19-20H2,1-2H3,(H,33,37)(H,34,38)/b17-13+,18-14+. The van der Waals surface area contributed by atoms with Crippen molar-refractivity contribution in [1.82, 2.24) is 20.6 Å². The number of aromatic nitrogens is 2. The predicted octanol–water partition coefficient (Wildman–Crippen LogP) is 6.81. The second kappa shape index (κ2) is 11.4. The SMILES string of the molecule is CCCCNC(=O)/C=C/c1cccc2c1[nH]c1c2ccc2c3cccc(/C=C/C(=O)NCCCC)c3[nH]c21. The molecule has 38 heavy (non-hydrogen) atoms. The third-order valence-corrected chi connectivity index (χ3v) is 6.97. The Morgan fingerprint density at radius 1 is 0.632 bits per heavy atom. The van der Waals surface area contributed by atoms with E-state index in [2.05, 4.69) is 58.7 Å². The molecule has 2 amide bonds. The largest absolute Gasteiger partial charge is 0.353 e. The fraction of sp³-hybridized carbons (Fsp3) is 0.250. The monoisotopic (exact) mass is 506 g/mol. The first-order valence-corrected chi connectivity index (χ1v) is 13.5. The zero-order valence-electron chi connectivity index (χ0n) is 22.0. The molecule has 0 saturated carbocycles. The van der Waals surface area contributed by atoms with Crippen LogP contribution in [0.15, 0.2) is 60.7 Å². The number of carbonyl (C=O) groups excluding carboxylic acids is 2. The van der Waals surface area contributed by atoms with Crippen LogP contribution < -0.4 is 10.6 Å². The van der Waals surface area contributed by atoms with Crippen molar-refractivity contribution in [3.05, 3.63) is 71.8 Å². The van der Waals surface area contributed by atoms with Gasteiger partial charge in [0.1, 0.15) is 0 Å². The molecule has 4 N–H and O–H groups in total. The Labute approximate surface area is 222 Å². The van der Waals surface area contributed by atoms with E-state index in [0.717, 1.165) is 80.4 Å². The van der Waals surface area contributed by atoms with Gasteiger partial charge in [0.15, 0.2) is 0 Å². The van der Waals surface area contributed by atoms with Gasteiger partial charge in [-0.3, -0.25) is 9.59 Å². The Bertz CT molecular complexity index is 1560. The number of hydrogen-bond donors (Lipinski definition) is 4. The molecule has 0 radical (unpaired) electrons. The van der Waals surface area contributed by atoms with Gasteiger partial charge >= 0.3 is 0 Å². The van der Waals surface area contributed by atoms with Crippen molar-refractivity contribution in [3.8, 4) is 0 Å². The summed E-state index contributed by atoms with van der Waals surface area (Å²) in [6, 6.07) is 16.6. The van der Waals surface area contributed by atoms with Crippen molar-refractivity contribution in [3.63, 3.8) is 0 Å². The van der Waals surface area contributed by atoms with E-state index in [1.807, 2.05) is 36.4 Å². The molecule has 0 aliphatic carbocycles. The average Bonchev–Trinajstić information content (AvgIpc) is 3.50. The third kappa shape index (κ3) is 5.07. The number of nitrogens with one attached hydrogen (secondary N) is 4. The van der Waals surface area contributed by atoms with E-state index < -0.39 is 0 Å². The van der Waals surface area contributed by atoms with Crippen LogP contribution in [0, 0.1) is 0 Å². The molecule has 2 aromatic heterocycles. The molecule has 0 atom stereocenters. The molecule has 0 aliphatic heterocycles. The highest BCUT2D eigenvalue weighted by Gasteiger charge is 2.14. The summed E-state index contributed by atoms with van der Waals surface area (Å²) >= 11 is 0. The minimum absolute atomic E-state index is 0.0794. The number of rotatable bonds is 10. The van der Waals surface area contributed by atoms with Crippen molar-refractivity contribution < 1.29 is 9.59 Å². The van der Waals surface area contributed by atoms with Gasteiger partial charge in [0.05, 0.1) is 22.1 Å². The molecule has 6 heteroatoms. The molecule has 6 nitrogen and oxygen atoms in total. The fourth-order valence-electron chi connectivity index (χ4n) is 4.93. The van der Waals surface area contributed by atoms with Gasteiger partial charge in [-0.1, -0.05) is 75.2 Å². The van der Waals surface area contributed by atoms with E-state index >= 15 is 0 Å². The van der Waals surface area contributed by atoms with Crippen LogP contribution in [0.2, 0.25) is 0 Å². The summed E-state index contributed by atoms with van der Waals surface area (Å²) in [7, 11) is 0. The highest BCUT2D eigenvalue weighted by Crippen LogP contribution is 2.36. The van der Waals surface area contributed by atoms with Gasteiger partial charge in [-0.25, -0.2) is 0 Å². The first-order chi connectivity index (χ1) is 18.6. The van der Waals surface area contributed by atoms with Crippen molar-refractivity contribution in [2.24, 2.45) is 0 Å². The highest BCUT2D eigenvalue weighted by molar-refractivity contribution is 6.23. The summed E-state index contributed by atoms with van der Waals surface area (Å²) in [6.07, 6.45) is 11.0. The molecule has 2 heterocycles. The number of aromatic amines is 2. The summed E-state index contributed by atoms with van der Waals surface area (Å²) in [5.41, 5.74) is 5.96. The van der Waals surface area contributed by atoms with Crippen molar-refractivity contribution in [2.45, 2.75) is 39.5 Å². The van der Waals surface area contributed by atoms with E-state index in [1.54, 1.807) is 12.2 Å². The molecule has 0 aliphatic rings. The van der Waals surface area contributed by atoms with E-state index in [4.69, 9.17) is 0 Å². The predicted molar refractivity (Wildman–Crippen MR) is 159 cm³/mol. The number of unbranched alkanes of at least 4 members (excludes halogenated alkanes) is 2. The molecule has 5 aromatic rings. The second-order valence-corrected chi connectivity index (χ2v) is 9.66. The molecular formula is C32H34N4O2. The number of benzene rings is 3. The lowest BCUT2D eigenvalue weighted by atomic mass is 10.1. The van der Waals surface area contributed by atoms with Gasteiger partial charge in [0.25, 0.3) is 0 Å². The lowest BCUT2D eigenvalue weighted by Gasteiger charge is -2.00. The Hall–Kier alpha value is -4.32. The van der Waals surface area contributed by atoms with Gasteiger partial charge < -0.3 is 20.6 Å². The lowest BCUT2D eigenvalue weighted by molar-refractivity contribution is -0.117. The van der Waals surface area contributed by atoms with E-state index in [1.165, 1.54) is 0 Å². The van der Waals surface area contributed by atoms with Crippen LogP contribution in [0.1, 0.15) is 50.7 Å². The molecule has 5 rings (SSSR count). The van der Waals surface area contributed by atoms with Crippen LogP contribution in [0.3, 0.4) is 0 Å². The number of fused-ring (bicyclic) bond motifs is 7. The Balaban J connectivity index is 1.53. The quantitative estimate of drug-likeness (QED) is 0.124. The highest BCUT2D eigenvalue weighted by atomic mass is 16.2. The van der Waals surface area contributed by atoms with Crippen LogP contribution in [0.25, 0.3) is 55.8 Å². The topological polar surface area (TPSA) is 89.8 Å². The van der Waals surface area contributed by atoms with Crippen molar-refractivity contribution in [2.75, 3.05) is 13.1 Å². The van der Waals surface area contributed by atoms with Gasteiger partial charge in [0, 0.05) is 46.8 Å². The Morgan fingerprint density at radius 3 is 1.47 bits per heavy atom. The third-order valence-electron chi connectivity index (χ3n) is 6.97. The van der Waals surface area contributed by atoms with E-state index in [9.17, 15) is 9.59 Å². The van der Waals surface area contributed by atoms with Crippen LogP contribution >= 0.6 is 0 Å². The lowest BCUT2D eigenvalue weighted by Crippen LogP contribution is -2.21. The maximum absolute atomic E-state index is 12.2. The summed E-state index contributed by atoms with van der Waals surface area (Å²) in [6.45, 7) is 5.59. The molecule has 0 bridgehead atoms. The van der Waals surface area contributed by atoms with Gasteiger partial charge in [-0.05, 0) is 36.1 Å². The molecule has 0 fully saturated rings. The van der Waals surface area contributed by atoms with E-state index in [-0.39, 0.29) is 11.8 Å². The molecule has 0 unspecified atom stereocenters. The smallest absolute Gasteiger partial charge is 0.244 e. The van der Waals surface area contributed by atoms with Gasteiger partial charge in [-0.2, -0.15) is 0 Å². The zero-order chi connectivity index (χ0) is 26.5. The normalized spacial score (nSPS) is 12.1. The molecule has 0 saturated heterocycles. The Kier molecular flexibility index (Phi) is 7.59. The molecule has 3 aromatic carbocycles. The van der Waals surface area contributed by atoms with E-state index in [0.29, 0.717) is 13.1 Å². The van der Waals surface area contributed by atoms with Crippen LogP contribution in [-0.4, -0.2) is 34.9 Å². The summed E-state index contributed by atoms with van der Waals surface area (Å²) in [5, 5.41) is 10.3. The van der Waals surface area contributed by atoms with Gasteiger partial charge in [0.2, 0.25) is 11.8 Å². The summed E-state index contributed by atoms with van der Waals surface area (Å²) in [5.74, 6) is -0.159. The molecule has 0 spiro atoms. The number of H-pyrrole nitrogens is 2. The fourth-order valence-corrected chi connectivity index (χ4v) is 4.93. The maximum Gasteiger partial charge on any atom is 0.244 e. The summed E-state index contributed by atoms with van der Waals surface area (Å²) in [4.78, 5) is 31.7. The number of carbonyl (C=O) groups is 2. The van der Waals surface area contributed by atoms with Crippen LogP contribution in [0.5, 0.6) is 0 Å². The van der Waals surface area contributed by atoms with Gasteiger partial charge in [-0.15, -0.1) is 0 Å². The first-order valence-electron chi connectivity index (χ1n) is 13.5. The second-order valence-electron chi connectivity index (χ2n) is 9.66. The van der Waals surface area contributed by atoms with Crippen molar-refractivity contribution >= 4 is 67.6 Å². The maximum atomic E-state index is 12.2. The zero-order valence-corrected chi connectivity index (χ0v) is 22.0.